The topological polar surface area (TPSA) is 141 Å². The van der Waals surface area contributed by atoms with Crippen molar-refractivity contribution in [3.8, 4) is 17.2 Å². The van der Waals surface area contributed by atoms with Crippen molar-refractivity contribution in [3.05, 3.63) is 143 Å². The number of carbonyl (C=O) groups excluding carboxylic acids is 1. The number of aromatic hydroxyl groups is 2. The number of aliphatic carboxylic acids is 2. The van der Waals surface area contributed by atoms with Gasteiger partial charge >= 0.3 is 11.9 Å². The third-order valence-corrected chi connectivity index (χ3v) is 8.71. The van der Waals surface area contributed by atoms with Crippen LogP contribution in [0, 0.1) is 0 Å². The fourth-order valence-electron chi connectivity index (χ4n) is 6.31. The molecule has 4 aromatic carbocycles. The van der Waals surface area contributed by atoms with Gasteiger partial charge in [0, 0.05) is 35.8 Å². The highest BCUT2D eigenvalue weighted by Crippen LogP contribution is 2.54. The number of hydrogen-bond donors (Lipinski definition) is 4. The smallest absolute Gasteiger partial charge is 0.303 e. The molecule has 1 heterocycles. The number of carbonyl (C=O) groups is 3. The van der Waals surface area contributed by atoms with Crippen LogP contribution in [0.25, 0.3) is 6.08 Å². The molecule has 0 spiro atoms. The van der Waals surface area contributed by atoms with Gasteiger partial charge in [-0.15, -0.1) is 0 Å². The maximum absolute atomic E-state index is 14.0. The molecule has 0 saturated heterocycles. The minimum atomic E-state index is -0.948. The molecule has 0 saturated carbocycles. The first-order chi connectivity index (χ1) is 23.7. The van der Waals surface area contributed by atoms with Crippen molar-refractivity contribution < 1.29 is 39.5 Å². The van der Waals surface area contributed by atoms with Crippen molar-refractivity contribution in [3.63, 3.8) is 0 Å². The Kier molecular flexibility index (Phi) is 11.7. The maximum atomic E-state index is 14.0. The minimum Gasteiger partial charge on any atom is -0.507 e. The van der Waals surface area contributed by atoms with E-state index in [1.165, 1.54) is 0 Å². The molecule has 0 amide bonds. The first kappa shape index (κ1) is 34.7. The van der Waals surface area contributed by atoms with E-state index in [0.29, 0.717) is 24.8 Å². The molecule has 0 radical (unpaired) electrons. The number of hydrogen-bond acceptors (Lipinski definition) is 6. The molecule has 8 heteroatoms. The molecule has 0 bridgehead atoms. The van der Waals surface area contributed by atoms with Gasteiger partial charge < -0.3 is 25.2 Å². The molecule has 49 heavy (non-hydrogen) atoms. The predicted octanol–water partition coefficient (Wildman–Crippen LogP) is 8.80. The summed E-state index contributed by atoms with van der Waals surface area (Å²) in [4.78, 5) is 36.7. The van der Waals surface area contributed by atoms with Crippen LogP contribution in [0.3, 0.4) is 0 Å². The van der Waals surface area contributed by atoms with Gasteiger partial charge in [-0.1, -0.05) is 115 Å². The number of allylic oxidation sites excluding steroid dienone is 3. The van der Waals surface area contributed by atoms with Crippen LogP contribution in [0.1, 0.15) is 101 Å². The van der Waals surface area contributed by atoms with E-state index in [1.54, 1.807) is 0 Å². The largest absolute Gasteiger partial charge is 0.507 e. The van der Waals surface area contributed by atoms with Crippen LogP contribution in [0.15, 0.2) is 109 Å². The lowest BCUT2D eigenvalue weighted by molar-refractivity contribution is -0.138. The molecule has 0 aliphatic carbocycles. The van der Waals surface area contributed by atoms with Gasteiger partial charge in [0.2, 0.25) is 0 Å². The number of rotatable bonds is 15. The fourth-order valence-corrected chi connectivity index (χ4v) is 6.31. The van der Waals surface area contributed by atoms with E-state index in [2.05, 4.69) is 0 Å². The van der Waals surface area contributed by atoms with Crippen LogP contribution < -0.4 is 4.74 Å². The summed E-state index contributed by atoms with van der Waals surface area (Å²) in [6, 6.07) is 28.1. The van der Waals surface area contributed by atoms with Crippen molar-refractivity contribution in [2.75, 3.05) is 0 Å². The average molecular weight is 661 g/mol. The summed E-state index contributed by atoms with van der Waals surface area (Å²) in [5.74, 6) is -4.03. The van der Waals surface area contributed by atoms with E-state index >= 15 is 0 Å². The first-order valence-electron chi connectivity index (χ1n) is 16.5. The number of Topliss-reactive ketones (excluding diaryl/α,β-unsaturated/α-hetero) is 1. The van der Waals surface area contributed by atoms with Crippen molar-refractivity contribution in [1.82, 2.24) is 0 Å². The van der Waals surface area contributed by atoms with Gasteiger partial charge in [-0.05, 0) is 42.4 Å². The number of fused-ring (bicyclic) bond motifs is 1. The van der Waals surface area contributed by atoms with Gasteiger partial charge in [-0.25, -0.2) is 0 Å². The van der Waals surface area contributed by atoms with E-state index in [4.69, 9.17) is 9.84 Å². The van der Waals surface area contributed by atoms with Crippen molar-refractivity contribution in [2.24, 2.45) is 0 Å². The molecule has 8 nitrogen and oxygen atoms in total. The summed E-state index contributed by atoms with van der Waals surface area (Å²) >= 11 is 0. The zero-order valence-corrected chi connectivity index (χ0v) is 27.1. The van der Waals surface area contributed by atoms with Crippen LogP contribution in [0.2, 0.25) is 0 Å². The predicted molar refractivity (Wildman–Crippen MR) is 187 cm³/mol. The van der Waals surface area contributed by atoms with E-state index in [-0.39, 0.29) is 59.8 Å². The second kappa shape index (κ2) is 16.5. The SMILES string of the molecule is O=C(O)CCCC=C[C@H](c1ccccc1)c1c(O)c2c(c([C@H](C=Cc3ccccc3)CCCC(=O)O)c1O)O[C@@H](c1ccccc1)CC2=O. The van der Waals surface area contributed by atoms with Crippen LogP contribution in [0.4, 0.5) is 0 Å². The molecule has 0 aromatic heterocycles. The number of ketones is 1. The standard InChI is InChI=1S/C41H40O8/c42-32-26-33(29-18-9-3-10-19-29)49-41-36(30(20-13-23-35(45)46)25-24-27-14-5-1-6-15-27)39(47)37(40(48)38(32)41)31(28-16-7-2-8-17-28)21-11-4-12-22-34(43)44/h1-3,5-11,14-19,21,24-25,30-31,33,47-48H,4,12-13,20,22-23,26H2,(H,43,44)(H,45,46)/t30-,31+,33+/m0/s1. The molecule has 1 aliphatic heterocycles. The summed E-state index contributed by atoms with van der Waals surface area (Å²) in [7, 11) is 0. The summed E-state index contributed by atoms with van der Waals surface area (Å²) in [6.45, 7) is 0. The number of ether oxygens (including phenoxy) is 1. The Balaban J connectivity index is 1.72. The summed E-state index contributed by atoms with van der Waals surface area (Å²) in [5, 5.41) is 42.8. The summed E-state index contributed by atoms with van der Waals surface area (Å²) < 4.78 is 6.55. The lowest BCUT2D eigenvalue weighted by atomic mass is 9.80. The fraction of sp³-hybridized carbons (Fsp3) is 0.244. The Morgan fingerprint density at radius 1 is 0.776 bits per heavy atom. The van der Waals surface area contributed by atoms with Crippen LogP contribution >= 0.6 is 0 Å². The number of phenols is 2. The van der Waals surface area contributed by atoms with Crippen molar-refractivity contribution in [2.45, 2.75) is 62.9 Å². The lowest BCUT2D eigenvalue weighted by Gasteiger charge is -2.32. The third-order valence-electron chi connectivity index (χ3n) is 8.71. The average Bonchev–Trinajstić information content (AvgIpc) is 3.10. The third kappa shape index (κ3) is 8.65. The first-order valence-corrected chi connectivity index (χ1v) is 16.5. The van der Waals surface area contributed by atoms with Crippen LogP contribution in [-0.2, 0) is 9.59 Å². The molecule has 3 atom stereocenters. The highest BCUT2D eigenvalue weighted by Gasteiger charge is 2.39. The molecular formula is C41H40O8. The number of carboxylic acid groups (broad SMARTS) is 2. The number of benzene rings is 4. The number of unbranched alkanes of at least 4 members (excludes halogenated alkanes) is 1. The van der Waals surface area contributed by atoms with Gasteiger partial charge in [0.15, 0.2) is 5.78 Å². The zero-order valence-electron chi connectivity index (χ0n) is 27.1. The Bertz CT molecular complexity index is 1810. The van der Waals surface area contributed by atoms with Crippen LogP contribution in [-0.4, -0.2) is 38.1 Å². The molecule has 4 aromatic rings. The van der Waals surface area contributed by atoms with Gasteiger partial charge in [0.1, 0.15) is 28.9 Å². The van der Waals surface area contributed by atoms with E-state index in [1.807, 2.05) is 115 Å². The summed E-state index contributed by atoms with van der Waals surface area (Å²) in [5.41, 5.74) is 2.80. The molecule has 5 rings (SSSR count). The van der Waals surface area contributed by atoms with Gasteiger partial charge in [-0.3, -0.25) is 14.4 Å². The van der Waals surface area contributed by atoms with Crippen LogP contribution in [0.5, 0.6) is 17.2 Å². The Morgan fingerprint density at radius 2 is 1.39 bits per heavy atom. The van der Waals surface area contributed by atoms with Crippen molar-refractivity contribution in [1.29, 1.82) is 0 Å². The second-order valence-corrected chi connectivity index (χ2v) is 12.1. The Hall–Kier alpha value is -5.63. The molecule has 4 N–H and O–H groups in total. The highest BCUT2D eigenvalue weighted by molar-refractivity contribution is 6.04. The van der Waals surface area contributed by atoms with E-state index in [0.717, 1.165) is 16.7 Å². The van der Waals surface area contributed by atoms with Crippen molar-refractivity contribution >= 4 is 23.8 Å². The Morgan fingerprint density at radius 3 is 2.04 bits per heavy atom. The molecular weight excluding hydrogens is 620 g/mol. The van der Waals surface area contributed by atoms with Gasteiger partial charge in [0.05, 0.1) is 6.42 Å². The zero-order chi connectivity index (χ0) is 34.8. The Labute approximate surface area is 285 Å². The number of phenolic OH excluding ortho intramolecular Hbond substituents is 2. The lowest BCUT2D eigenvalue weighted by Crippen LogP contribution is -2.23. The normalized spacial score (nSPS) is 15.5. The molecule has 0 fully saturated rings. The van der Waals surface area contributed by atoms with E-state index < -0.39 is 29.9 Å². The highest BCUT2D eigenvalue weighted by atomic mass is 16.5. The van der Waals surface area contributed by atoms with E-state index in [9.17, 15) is 29.7 Å². The number of carboxylic acids is 2. The molecule has 1 aliphatic rings. The second-order valence-electron chi connectivity index (χ2n) is 12.1. The minimum absolute atomic E-state index is 0.0000302. The maximum Gasteiger partial charge on any atom is 0.303 e. The monoisotopic (exact) mass is 660 g/mol. The molecule has 0 unspecified atom stereocenters. The van der Waals surface area contributed by atoms with Gasteiger partial charge in [0.25, 0.3) is 0 Å². The summed E-state index contributed by atoms with van der Waals surface area (Å²) in [6.07, 6.45) is 8.07. The quantitative estimate of drug-likeness (QED) is 0.0732. The van der Waals surface area contributed by atoms with Gasteiger partial charge in [-0.2, -0.15) is 0 Å². The molecule has 252 valence electrons.